The first-order chi connectivity index (χ1) is 15.0. The van der Waals surface area contributed by atoms with Crippen molar-refractivity contribution >= 4 is 35.0 Å². The summed E-state index contributed by atoms with van der Waals surface area (Å²) in [5.74, 6) is 0.263. The van der Waals surface area contributed by atoms with E-state index in [1.807, 2.05) is 48.7 Å². The molecule has 0 fully saturated rings. The molecule has 2 aromatic carbocycles. The highest BCUT2D eigenvalue weighted by Gasteiger charge is 2.09. The van der Waals surface area contributed by atoms with Crippen molar-refractivity contribution < 1.29 is 19.1 Å². The molecular formula is C24H24N2O4S. The summed E-state index contributed by atoms with van der Waals surface area (Å²) < 4.78 is 10.6. The van der Waals surface area contributed by atoms with Crippen molar-refractivity contribution in [2.24, 2.45) is 0 Å². The summed E-state index contributed by atoms with van der Waals surface area (Å²) in [6.45, 7) is 4.50. The molecule has 6 nitrogen and oxygen atoms in total. The van der Waals surface area contributed by atoms with Gasteiger partial charge in [-0.1, -0.05) is 29.8 Å². The number of aryl methyl sites for hydroxylation is 1. The topological polar surface area (TPSA) is 77.5 Å². The Bertz CT molecular complexity index is 1040. The maximum absolute atomic E-state index is 12.3. The van der Waals surface area contributed by atoms with Crippen LogP contribution in [0.15, 0.2) is 60.0 Å². The SMILES string of the molecule is CCOC(=O)/C=C/c1ccc(NC(=O)Cc2csc(COc3ccc(C)cc3)n2)cc1. The van der Waals surface area contributed by atoms with Crippen LogP contribution in [0.3, 0.4) is 0 Å². The van der Waals surface area contributed by atoms with E-state index in [1.54, 1.807) is 25.1 Å². The van der Waals surface area contributed by atoms with Gasteiger partial charge in [0, 0.05) is 17.1 Å². The van der Waals surface area contributed by atoms with E-state index >= 15 is 0 Å². The smallest absolute Gasteiger partial charge is 0.330 e. The number of benzene rings is 2. The molecule has 0 aliphatic rings. The van der Waals surface area contributed by atoms with Gasteiger partial charge in [0.1, 0.15) is 17.4 Å². The number of amides is 1. The Morgan fingerprint density at radius 3 is 2.55 bits per heavy atom. The van der Waals surface area contributed by atoms with Crippen LogP contribution in [0.25, 0.3) is 6.08 Å². The minimum absolute atomic E-state index is 0.147. The zero-order valence-electron chi connectivity index (χ0n) is 17.5. The molecule has 0 saturated carbocycles. The number of rotatable bonds is 9. The molecule has 0 spiro atoms. The number of thiazole rings is 1. The highest BCUT2D eigenvalue weighted by Crippen LogP contribution is 2.17. The van der Waals surface area contributed by atoms with Gasteiger partial charge in [-0.3, -0.25) is 4.79 Å². The van der Waals surface area contributed by atoms with Crippen molar-refractivity contribution in [2.75, 3.05) is 11.9 Å². The molecule has 0 saturated heterocycles. The van der Waals surface area contributed by atoms with Gasteiger partial charge >= 0.3 is 5.97 Å². The lowest BCUT2D eigenvalue weighted by Crippen LogP contribution is -2.14. The summed E-state index contributed by atoms with van der Waals surface area (Å²) in [5.41, 5.74) is 3.40. The number of carbonyl (C=O) groups excluding carboxylic acids is 2. The molecule has 0 bridgehead atoms. The van der Waals surface area contributed by atoms with E-state index in [0.29, 0.717) is 24.6 Å². The monoisotopic (exact) mass is 436 g/mol. The largest absolute Gasteiger partial charge is 0.486 e. The normalized spacial score (nSPS) is 10.8. The van der Waals surface area contributed by atoms with Crippen LogP contribution in [0.1, 0.15) is 28.8 Å². The van der Waals surface area contributed by atoms with E-state index in [9.17, 15) is 9.59 Å². The number of hydrogen-bond acceptors (Lipinski definition) is 6. The number of carbonyl (C=O) groups is 2. The highest BCUT2D eigenvalue weighted by molar-refractivity contribution is 7.09. The minimum Gasteiger partial charge on any atom is -0.486 e. The van der Waals surface area contributed by atoms with E-state index < -0.39 is 0 Å². The summed E-state index contributed by atoms with van der Waals surface area (Å²) in [5, 5.41) is 5.55. The van der Waals surface area contributed by atoms with Crippen LogP contribution in [-0.4, -0.2) is 23.5 Å². The fourth-order valence-electron chi connectivity index (χ4n) is 2.68. The number of nitrogens with zero attached hydrogens (tertiary/aromatic N) is 1. The second kappa shape index (κ2) is 11.1. The van der Waals surface area contributed by atoms with Gasteiger partial charge in [-0.25, -0.2) is 9.78 Å². The van der Waals surface area contributed by atoms with Crippen LogP contribution >= 0.6 is 11.3 Å². The molecule has 1 N–H and O–H groups in total. The molecule has 3 rings (SSSR count). The Morgan fingerprint density at radius 2 is 1.84 bits per heavy atom. The van der Waals surface area contributed by atoms with Gasteiger partial charge in [0.15, 0.2) is 0 Å². The lowest BCUT2D eigenvalue weighted by Gasteiger charge is -2.05. The molecule has 31 heavy (non-hydrogen) atoms. The Hall–Kier alpha value is -3.45. The van der Waals surface area contributed by atoms with E-state index in [1.165, 1.54) is 23.0 Å². The highest BCUT2D eigenvalue weighted by atomic mass is 32.1. The Labute approximate surface area is 185 Å². The molecule has 3 aromatic rings. The first kappa shape index (κ1) is 22.2. The predicted octanol–water partition coefficient (Wildman–Crippen LogP) is 4.79. The van der Waals surface area contributed by atoms with Crippen LogP contribution in [-0.2, 0) is 27.4 Å². The molecule has 0 atom stereocenters. The van der Waals surface area contributed by atoms with Crippen molar-refractivity contribution in [2.45, 2.75) is 26.9 Å². The van der Waals surface area contributed by atoms with Crippen molar-refractivity contribution in [1.82, 2.24) is 4.98 Å². The first-order valence-electron chi connectivity index (χ1n) is 9.89. The summed E-state index contributed by atoms with van der Waals surface area (Å²) in [6, 6.07) is 15.0. The number of anilines is 1. The van der Waals surface area contributed by atoms with Crippen LogP contribution in [0.4, 0.5) is 5.69 Å². The second-order valence-electron chi connectivity index (χ2n) is 6.77. The third kappa shape index (κ3) is 7.38. The summed E-state index contributed by atoms with van der Waals surface area (Å²) in [6.07, 6.45) is 3.23. The maximum atomic E-state index is 12.3. The number of ether oxygens (including phenoxy) is 2. The Kier molecular flexibility index (Phi) is 7.95. The minimum atomic E-state index is -0.383. The van der Waals surface area contributed by atoms with Gasteiger partial charge in [-0.15, -0.1) is 11.3 Å². The summed E-state index contributed by atoms with van der Waals surface area (Å²) >= 11 is 1.47. The van der Waals surface area contributed by atoms with E-state index in [2.05, 4.69) is 10.3 Å². The summed E-state index contributed by atoms with van der Waals surface area (Å²) in [4.78, 5) is 28.1. The third-order valence-electron chi connectivity index (χ3n) is 4.22. The van der Waals surface area contributed by atoms with Crippen molar-refractivity contribution in [3.63, 3.8) is 0 Å². The predicted molar refractivity (Wildman–Crippen MR) is 122 cm³/mol. The van der Waals surface area contributed by atoms with Crippen LogP contribution in [0.5, 0.6) is 5.75 Å². The van der Waals surface area contributed by atoms with Crippen LogP contribution in [0.2, 0.25) is 0 Å². The van der Waals surface area contributed by atoms with Gasteiger partial charge in [0.2, 0.25) is 5.91 Å². The molecule has 0 radical (unpaired) electrons. The molecule has 0 aliphatic carbocycles. The third-order valence-corrected chi connectivity index (χ3v) is 5.09. The molecule has 1 aromatic heterocycles. The maximum Gasteiger partial charge on any atom is 0.330 e. The number of aromatic nitrogens is 1. The van der Waals surface area contributed by atoms with Gasteiger partial charge in [0.25, 0.3) is 0 Å². The molecule has 0 unspecified atom stereocenters. The van der Waals surface area contributed by atoms with Gasteiger partial charge in [0.05, 0.1) is 18.7 Å². The van der Waals surface area contributed by atoms with Gasteiger partial charge in [-0.05, 0) is 49.8 Å². The second-order valence-corrected chi connectivity index (χ2v) is 7.71. The van der Waals surface area contributed by atoms with Crippen molar-refractivity contribution in [3.05, 3.63) is 81.8 Å². The van der Waals surface area contributed by atoms with E-state index in [4.69, 9.17) is 9.47 Å². The van der Waals surface area contributed by atoms with Crippen molar-refractivity contribution in [1.29, 1.82) is 0 Å². The molecule has 1 heterocycles. The standard InChI is InChI=1S/C24H24N2O4S/c1-3-29-24(28)13-8-18-6-9-19(10-7-18)25-22(27)14-20-16-31-23(26-20)15-30-21-11-4-17(2)5-12-21/h4-13,16H,3,14-15H2,1-2H3,(H,25,27)/b13-8+. The fourth-order valence-corrected chi connectivity index (χ4v) is 3.38. The molecule has 160 valence electrons. The zero-order chi connectivity index (χ0) is 22.1. The Balaban J connectivity index is 1.47. The average Bonchev–Trinajstić information content (AvgIpc) is 3.20. The lowest BCUT2D eigenvalue weighted by atomic mass is 10.2. The summed E-state index contributed by atoms with van der Waals surface area (Å²) in [7, 11) is 0. The number of hydrogen-bond donors (Lipinski definition) is 1. The molecule has 0 aliphatic heterocycles. The van der Waals surface area contributed by atoms with E-state index in [-0.39, 0.29) is 18.3 Å². The quantitative estimate of drug-likeness (QED) is 0.386. The van der Waals surface area contributed by atoms with Crippen LogP contribution in [0, 0.1) is 6.92 Å². The van der Waals surface area contributed by atoms with Crippen molar-refractivity contribution in [3.8, 4) is 5.75 Å². The van der Waals surface area contributed by atoms with Gasteiger partial charge < -0.3 is 14.8 Å². The van der Waals surface area contributed by atoms with E-state index in [0.717, 1.165) is 16.3 Å². The zero-order valence-corrected chi connectivity index (χ0v) is 18.3. The fraction of sp³-hybridized carbons (Fsp3) is 0.208. The van der Waals surface area contributed by atoms with Crippen LogP contribution < -0.4 is 10.1 Å². The molecule has 1 amide bonds. The Morgan fingerprint density at radius 1 is 1.10 bits per heavy atom. The van der Waals surface area contributed by atoms with Gasteiger partial charge in [-0.2, -0.15) is 0 Å². The molecule has 7 heteroatoms. The number of esters is 1. The number of nitrogens with one attached hydrogen (secondary N) is 1. The first-order valence-corrected chi connectivity index (χ1v) is 10.8. The average molecular weight is 437 g/mol. The lowest BCUT2D eigenvalue weighted by molar-refractivity contribution is -0.137. The molecular weight excluding hydrogens is 412 g/mol.